The Hall–Kier alpha value is -1.91. The normalized spacial score (nSPS) is 16.7. The third kappa shape index (κ3) is 3.62. The third-order valence-corrected chi connectivity index (χ3v) is 7.56. The van der Waals surface area contributed by atoms with Crippen molar-refractivity contribution >= 4 is 53.3 Å². The van der Waals surface area contributed by atoms with Gasteiger partial charge in [0.05, 0.1) is 16.3 Å². The highest BCUT2D eigenvalue weighted by Crippen LogP contribution is 2.30. The maximum atomic E-state index is 12.8. The molecule has 1 heterocycles. The monoisotopic (exact) mass is 458 g/mol. The van der Waals surface area contributed by atoms with Crippen molar-refractivity contribution in [2.24, 2.45) is 0 Å². The van der Waals surface area contributed by atoms with Gasteiger partial charge in [-0.3, -0.25) is 9.52 Å². The lowest BCUT2D eigenvalue weighted by atomic mass is 10.2. The predicted octanol–water partition coefficient (Wildman–Crippen LogP) is 2.62. The van der Waals surface area contributed by atoms with Gasteiger partial charge in [0.2, 0.25) is 15.9 Å². The molecule has 1 saturated heterocycles. The number of nitrogens with one attached hydrogen (secondary N) is 1. The summed E-state index contributed by atoms with van der Waals surface area (Å²) >= 11 is 3.27. The number of benzene rings is 2. The van der Waals surface area contributed by atoms with Gasteiger partial charge in [-0.2, -0.15) is 0 Å². The molecule has 0 bridgehead atoms. The van der Waals surface area contributed by atoms with Crippen LogP contribution in [-0.4, -0.2) is 28.5 Å². The van der Waals surface area contributed by atoms with Crippen molar-refractivity contribution in [1.82, 2.24) is 0 Å². The number of hydrogen-bond donors (Lipinski definition) is 1. The summed E-state index contributed by atoms with van der Waals surface area (Å²) in [4.78, 5) is 11.8. The number of carbonyl (C=O) groups is 1. The summed E-state index contributed by atoms with van der Waals surface area (Å²) in [7, 11) is -7.74. The van der Waals surface area contributed by atoms with Gasteiger partial charge in [-0.25, -0.2) is 21.1 Å². The van der Waals surface area contributed by atoms with Crippen molar-refractivity contribution in [2.45, 2.75) is 18.2 Å². The molecule has 0 saturated carbocycles. The van der Waals surface area contributed by atoms with Crippen LogP contribution >= 0.6 is 15.9 Å². The Bertz CT molecular complexity index is 1100. The number of rotatable bonds is 4. The van der Waals surface area contributed by atoms with Crippen LogP contribution in [0.4, 0.5) is 11.4 Å². The number of amides is 1. The molecule has 0 radical (unpaired) electrons. The predicted molar refractivity (Wildman–Crippen MR) is 102 cm³/mol. The number of hydrogen-bond acceptors (Lipinski definition) is 5. The van der Waals surface area contributed by atoms with Gasteiger partial charge in [0.25, 0.3) is 10.0 Å². The Morgan fingerprint density at radius 1 is 1.15 bits per heavy atom. The van der Waals surface area contributed by atoms with E-state index >= 15 is 0 Å². The molecular formula is C16H15BrN2O5S2. The SMILES string of the molecule is Cc1ccc(N2C(=O)CCS2(=O)=O)cc1S(=O)(=O)Nc1cccc(Br)c1. The van der Waals surface area contributed by atoms with Gasteiger partial charge in [0.15, 0.2) is 0 Å². The molecule has 0 atom stereocenters. The van der Waals surface area contributed by atoms with E-state index in [0.717, 1.165) is 0 Å². The molecule has 1 amide bonds. The summed E-state index contributed by atoms with van der Waals surface area (Å²) in [5.41, 5.74) is 0.807. The molecule has 1 fully saturated rings. The molecule has 0 aromatic heterocycles. The maximum Gasteiger partial charge on any atom is 0.262 e. The van der Waals surface area contributed by atoms with E-state index in [1.807, 2.05) is 0 Å². The Balaban J connectivity index is 2.04. The number of aryl methyl sites for hydroxylation is 1. The Morgan fingerprint density at radius 3 is 2.50 bits per heavy atom. The first-order valence-electron chi connectivity index (χ1n) is 7.55. The zero-order chi connectivity index (χ0) is 19.1. The second-order valence-corrected chi connectivity index (χ2v) is 10.3. The lowest BCUT2D eigenvalue weighted by molar-refractivity contribution is -0.116. The molecule has 26 heavy (non-hydrogen) atoms. The average Bonchev–Trinajstić information content (AvgIpc) is 2.81. The zero-order valence-electron chi connectivity index (χ0n) is 13.6. The molecule has 10 heteroatoms. The fourth-order valence-corrected chi connectivity index (χ4v) is 5.80. The molecule has 0 spiro atoms. The van der Waals surface area contributed by atoms with Crippen LogP contribution in [0.2, 0.25) is 0 Å². The number of sulfonamides is 2. The largest absolute Gasteiger partial charge is 0.280 e. The van der Waals surface area contributed by atoms with Gasteiger partial charge in [0, 0.05) is 16.6 Å². The van der Waals surface area contributed by atoms with Crippen molar-refractivity contribution in [2.75, 3.05) is 14.8 Å². The lowest BCUT2D eigenvalue weighted by Gasteiger charge is -2.17. The molecule has 3 rings (SSSR count). The molecule has 1 aliphatic heterocycles. The summed E-state index contributed by atoms with van der Waals surface area (Å²) in [5.74, 6) is -0.852. The molecule has 7 nitrogen and oxygen atoms in total. The van der Waals surface area contributed by atoms with Crippen LogP contribution in [0.25, 0.3) is 0 Å². The second kappa shape index (κ2) is 6.67. The third-order valence-electron chi connectivity index (χ3n) is 3.85. The van der Waals surface area contributed by atoms with Crippen molar-refractivity contribution in [3.8, 4) is 0 Å². The van der Waals surface area contributed by atoms with Crippen molar-refractivity contribution in [3.05, 3.63) is 52.5 Å². The van der Waals surface area contributed by atoms with E-state index in [2.05, 4.69) is 20.7 Å². The summed E-state index contributed by atoms with van der Waals surface area (Å²) in [6, 6.07) is 10.7. The number of nitrogens with zero attached hydrogens (tertiary/aromatic N) is 1. The summed E-state index contributed by atoms with van der Waals surface area (Å²) in [6.45, 7) is 1.60. The lowest BCUT2D eigenvalue weighted by Crippen LogP contribution is -2.29. The molecule has 0 aliphatic carbocycles. The highest BCUT2D eigenvalue weighted by Gasteiger charge is 2.37. The first-order chi connectivity index (χ1) is 12.1. The quantitative estimate of drug-likeness (QED) is 0.758. The minimum absolute atomic E-state index is 0.0210. The van der Waals surface area contributed by atoms with Crippen molar-refractivity contribution in [1.29, 1.82) is 0 Å². The minimum Gasteiger partial charge on any atom is -0.280 e. The average molecular weight is 459 g/mol. The molecule has 2 aromatic rings. The van der Waals surface area contributed by atoms with E-state index in [1.54, 1.807) is 31.2 Å². The first-order valence-corrected chi connectivity index (χ1v) is 11.4. The maximum absolute atomic E-state index is 12.8. The van der Waals surface area contributed by atoms with Crippen LogP contribution in [-0.2, 0) is 24.8 Å². The molecule has 1 aliphatic rings. The minimum atomic E-state index is -3.97. The number of halogens is 1. The number of anilines is 2. The summed E-state index contributed by atoms with van der Waals surface area (Å²) in [5, 5.41) is 0. The van der Waals surface area contributed by atoms with Gasteiger partial charge in [-0.1, -0.05) is 28.1 Å². The second-order valence-electron chi connectivity index (χ2n) is 5.79. The molecular weight excluding hydrogens is 444 g/mol. The van der Waals surface area contributed by atoms with E-state index in [-0.39, 0.29) is 22.8 Å². The highest BCUT2D eigenvalue weighted by atomic mass is 79.9. The fourth-order valence-electron chi connectivity index (χ4n) is 2.64. The van der Waals surface area contributed by atoms with Gasteiger partial charge in [-0.05, 0) is 42.8 Å². The Morgan fingerprint density at radius 2 is 1.88 bits per heavy atom. The van der Waals surface area contributed by atoms with Crippen LogP contribution in [0, 0.1) is 6.92 Å². The van der Waals surface area contributed by atoms with E-state index < -0.39 is 26.0 Å². The summed E-state index contributed by atoms with van der Waals surface area (Å²) < 4.78 is 53.5. The topological polar surface area (TPSA) is 101 Å². The fraction of sp³-hybridized carbons (Fsp3) is 0.188. The Kier molecular flexibility index (Phi) is 4.84. The molecule has 2 aromatic carbocycles. The van der Waals surface area contributed by atoms with Gasteiger partial charge in [0.1, 0.15) is 0 Å². The standard InChI is InChI=1S/C16H15BrN2O5S2/c1-11-5-6-14(19-16(20)7-8-25(19,21)22)10-15(11)26(23,24)18-13-4-2-3-12(17)9-13/h2-6,9-10,18H,7-8H2,1H3. The smallest absolute Gasteiger partial charge is 0.262 e. The van der Waals surface area contributed by atoms with E-state index in [0.29, 0.717) is 20.0 Å². The zero-order valence-corrected chi connectivity index (χ0v) is 16.9. The van der Waals surface area contributed by atoms with E-state index in [4.69, 9.17) is 0 Å². The van der Waals surface area contributed by atoms with E-state index in [1.165, 1.54) is 18.2 Å². The summed E-state index contributed by atoms with van der Waals surface area (Å²) in [6.07, 6.45) is -0.116. The van der Waals surface area contributed by atoms with Crippen LogP contribution < -0.4 is 9.03 Å². The van der Waals surface area contributed by atoms with Crippen LogP contribution in [0.15, 0.2) is 51.8 Å². The van der Waals surface area contributed by atoms with Gasteiger partial charge >= 0.3 is 0 Å². The van der Waals surface area contributed by atoms with Crippen LogP contribution in [0.1, 0.15) is 12.0 Å². The van der Waals surface area contributed by atoms with Gasteiger partial charge < -0.3 is 0 Å². The van der Waals surface area contributed by atoms with Crippen LogP contribution in [0.5, 0.6) is 0 Å². The van der Waals surface area contributed by atoms with Crippen molar-refractivity contribution < 1.29 is 21.6 Å². The molecule has 0 unspecified atom stereocenters. The molecule has 1 N–H and O–H groups in total. The first kappa shape index (κ1) is 18.9. The molecule has 138 valence electrons. The highest BCUT2D eigenvalue weighted by molar-refractivity contribution is 9.10. The van der Waals surface area contributed by atoms with Crippen molar-refractivity contribution in [3.63, 3.8) is 0 Å². The van der Waals surface area contributed by atoms with E-state index in [9.17, 15) is 21.6 Å². The Labute approximate surface area is 160 Å². The van der Waals surface area contributed by atoms with Gasteiger partial charge in [-0.15, -0.1) is 0 Å². The van der Waals surface area contributed by atoms with Crippen LogP contribution in [0.3, 0.4) is 0 Å². The number of carbonyl (C=O) groups excluding carboxylic acids is 1.